The van der Waals surface area contributed by atoms with Gasteiger partial charge in [-0.25, -0.2) is 0 Å². The van der Waals surface area contributed by atoms with E-state index in [0.717, 1.165) is 57.3 Å². The van der Waals surface area contributed by atoms with Crippen LogP contribution in [-0.4, -0.2) is 41.7 Å². The summed E-state index contributed by atoms with van der Waals surface area (Å²) in [5.74, 6) is 1.74. The summed E-state index contributed by atoms with van der Waals surface area (Å²) in [6, 6.07) is 0.270. The lowest BCUT2D eigenvalue weighted by molar-refractivity contribution is -0.117. The first-order chi connectivity index (χ1) is 12.6. The number of carbonyl (C=O) groups excluding carboxylic acids is 1. The quantitative estimate of drug-likeness (QED) is 0.765. The Hall–Kier alpha value is -1.89. The van der Waals surface area contributed by atoms with Crippen LogP contribution in [0, 0.1) is 5.92 Å². The summed E-state index contributed by atoms with van der Waals surface area (Å²) >= 11 is 0. The average Bonchev–Trinajstić information content (AvgIpc) is 2.93. The molecule has 2 N–H and O–H groups in total. The van der Waals surface area contributed by atoms with Crippen molar-refractivity contribution in [2.75, 3.05) is 30.4 Å². The van der Waals surface area contributed by atoms with Crippen molar-refractivity contribution in [3.05, 3.63) is 5.56 Å². The van der Waals surface area contributed by atoms with Crippen LogP contribution in [0.2, 0.25) is 0 Å². The van der Waals surface area contributed by atoms with Gasteiger partial charge in [-0.3, -0.25) is 9.69 Å². The van der Waals surface area contributed by atoms with Crippen LogP contribution in [0.3, 0.4) is 0 Å². The van der Waals surface area contributed by atoms with Crippen molar-refractivity contribution >= 4 is 17.5 Å². The number of amides is 1. The van der Waals surface area contributed by atoms with E-state index in [-0.39, 0.29) is 24.4 Å². The molecule has 0 radical (unpaired) electrons. The normalized spacial score (nSPS) is 18.8. The summed E-state index contributed by atoms with van der Waals surface area (Å²) in [6.07, 6.45) is 6.56. The number of aromatic nitrogens is 2. The van der Waals surface area contributed by atoms with Gasteiger partial charge in [-0.15, -0.1) is 0 Å². The summed E-state index contributed by atoms with van der Waals surface area (Å²) in [4.78, 5) is 22.9. The zero-order valence-corrected chi connectivity index (χ0v) is 15.9. The molecule has 144 valence electrons. The van der Waals surface area contributed by atoms with Crippen molar-refractivity contribution in [2.24, 2.45) is 5.92 Å². The first-order valence-corrected chi connectivity index (χ1v) is 9.79. The summed E-state index contributed by atoms with van der Waals surface area (Å²) in [6.45, 7) is 6.49. The Balaban J connectivity index is 1.65. The molecule has 2 aliphatic rings. The zero-order valence-electron chi connectivity index (χ0n) is 15.9. The number of ether oxygens (including phenoxy) is 2. The van der Waals surface area contributed by atoms with Crippen LogP contribution >= 0.6 is 0 Å². The summed E-state index contributed by atoms with van der Waals surface area (Å²) < 4.78 is 11.2. The molecule has 1 amide bonds. The molecule has 7 heteroatoms. The standard InChI is InChI=1S/C19H30N4O3/c1-3-5-13(2)26-19-21-17(20)15-12-16(24)23(18(15)22-19)9-4-6-14-7-10-25-11-8-14/h13-14H,3-12H2,1-2H3,(H2,20,21,22)/t13-/m1/s1. The highest BCUT2D eigenvalue weighted by Gasteiger charge is 2.32. The van der Waals surface area contributed by atoms with Gasteiger partial charge >= 0.3 is 6.01 Å². The largest absolute Gasteiger partial charge is 0.460 e. The minimum Gasteiger partial charge on any atom is -0.460 e. The van der Waals surface area contributed by atoms with Gasteiger partial charge in [0.05, 0.1) is 12.5 Å². The molecule has 2 aliphatic heterocycles. The smallest absolute Gasteiger partial charge is 0.320 e. The summed E-state index contributed by atoms with van der Waals surface area (Å²) in [7, 11) is 0. The molecule has 0 unspecified atom stereocenters. The molecule has 1 saturated heterocycles. The molecule has 1 aromatic rings. The van der Waals surface area contributed by atoms with Gasteiger partial charge in [0.25, 0.3) is 0 Å². The molecular weight excluding hydrogens is 332 g/mol. The second-order valence-corrected chi connectivity index (χ2v) is 7.33. The fourth-order valence-electron chi connectivity index (χ4n) is 3.73. The number of rotatable bonds is 8. The van der Waals surface area contributed by atoms with Crippen LogP contribution in [-0.2, 0) is 16.0 Å². The zero-order chi connectivity index (χ0) is 18.5. The van der Waals surface area contributed by atoms with E-state index in [1.54, 1.807) is 4.90 Å². The Labute approximate surface area is 155 Å². The predicted molar refractivity (Wildman–Crippen MR) is 100 cm³/mol. The van der Waals surface area contributed by atoms with Crippen molar-refractivity contribution in [1.29, 1.82) is 0 Å². The molecule has 1 aromatic heterocycles. The number of hydrogen-bond donors (Lipinski definition) is 1. The van der Waals surface area contributed by atoms with E-state index in [1.165, 1.54) is 0 Å². The Morgan fingerprint density at radius 3 is 2.85 bits per heavy atom. The minimum atomic E-state index is 0.0246. The first kappa shape index (κ1) is 18.9. The van der Waals surface area contributed by atoms with Crippen molar-refractivity contribution in [2.45, 2.75) is 64.9 Å². The fraction of sp³-hybridized carbons (Fsp3) is 0.737. The Morgan fingerprint density at radius 2 is 2.12 bits per heavy atom. The first-order valence-electron chi connectivity index (χ1n) is 9.79. The molecule has 1 fully saturated rings. The van der Waals surface area contributed by atoms with Gasteiger partial charge in [-0.1, -0.05) is 13.3 Å². The lowest BCUT2D eigenvalue weighted by atomic mass is 9.95. The van der Waals surface area contributed by atoms with Gasteiger partial charge in [-0.2, -0.15) is 9.97 Å². The highest BCUT2D eigenvalue weighted by Crippen LogP contribution is 2.33. The van der Waals surface area contributed by atoms with Crippen molar-refractivity contribution < 1.29 is 14.3 Å². The van der Waals surface area contributed by atoms with Crippen LogP contribution in [0.1, 0.15) is 57.9 Å². The van der Waals surface area contributed by atoms with Crippen molar-refractivity contribution in [1.82, 2.24) is 9.97 Å². The average molecular weight is 362 g/mol. The fourth-order valence-corrected chi connectivity index (χ4v) is 3.73. The van der Waals surface area contributed by atoms with Gasteiger partial charge in [0.2, 0.25) is 5.91 Å². The Bertz CT molecular complexity index is 631. The maximum Gasteiger partial charge on any atom is 0.320 e. The summed E-state index contributed by atoms with van der Waals surface area (Å²) in [5, 5.41) is 0. The number of anilines is 2. The van der Waals surface area contributed by atoms with E-state index in [4.69, 9.17) is 15.2 Å². The Morgan fingerprint density at radius 1 is 1.35 bits per heavy atom. The Kier molecular flexibility index (Phi) is 6.29. The van der Waals surface area contributed by atoms with E-state index < -0.39 is 0 Å². The number of hydrogen-bond acceptors (Lipinski definition) is 6. The SMILES string of the molecule is CCC[C@@H](C)Oc1nc(N)c2c(n1)N(CCCC1CCOCC1)C(=O)C2. The lowest BCUT2D eigenvalue weighted by Gasteiger charge is -2.23. The number of nitrogen functional groups attached to an aromatic ring is 1. The minimum absolute atomic E-state index is 0.0246. The van der Waals surface area contributed by atoms with E-state index in [9.17, 15) is 4.79 Å². The monoisotopic (exact) mass is 362 g/mol. The second-order valence-electron chi connectivity index (χ2n) is 7.33. The van der Waals surface area contributed by atoms with E-state index in [0.29, 0.717) is 24.1 Å². The topological polar surface area (TPSA) is 90.6 Å². The molecule has 1 atom stereocenters. The van der Waals surface area contributed by atoms with Crippen LogP contribution in [0.15, 0.2) is 0 Å². The molecule has 0 bridgehead atoms. The van der Waals surface area contributed by atoms with E-state index in [2.05, 4.69) is 16.9 Å². The van der Waals surface area contributed by atoms with Crippen LogP contribution in [0.5, 0.6) is 6.01 Å². The number of fused-ring (bicyclic) bond motifs is 1. The van der Waals surface area contributed by atoms with Gasteiger partial charge in [0, 0.05) is 25.3 Å². The molecule has 0 aliphatic carbocycles. The van der Waals surface area contributed by atoms with Gasteiger partial charge in [0.1, 0.15) is 11.6 Å². The molecule has 7 nitrogen and oxygen atoms in total. The van der Waals surface area contributed by atoms with Crippen molar-refractivity contribution in [3.8, 4) is 6.01 Å². The highest BCUT2D eigenvalue weighted by atomic mass is 16.5. The third kappa shape index (κ3) is 4.44. The van der Waals surface area contributed by atoms with Gasteiger partial charge < -0.3 is 15.2 Å². The molecule has 26 heavy (non-hydrogen) atoms. The summed E-state index contributed by atoms with van der Waals surface area (Å²) in [5.41, 5.74) is 6.80. The van der Waals surface area contributed by atoms with E-state index >= 15 is 0 Å². The second kappa shape index (κ2) is 8.66. The van der Waals surface area contributed by atoms with Gasteiger partial charge in [0.15, 0.2) is 0 Å². The number of nitrogens with two attached hydrogens (primary N) is 1. The highest BCUT2D eigenvalue weighted by molar-refractivity contribution is 6.01. The van der Waals surface area contributed by atoms with Crippen LogP contribution in [0.4, 0.5) is 11.6 Å². The molecule has 0 spiro atoms. The molecule has 0 saturated carbocycles. The maximum absolute atomic E-state index is 12.4. The van der Waals surface area contributed by atoms with Gasteiger partial charge in [-0.05, 0) is 44.9 Å². The molecule has 0 aromatic carbocycles. The molecule has 3 rings (SSSR count). The van der Waals surface area contributed by atoms with E-state index in [1.807, 2.05) is 6.92 Å². The maximum atomic E-state index is 12.4. The lowest BCUT2D eigenvalue weighted by Crippen LogP contribution is -2.29. The third-order valence-electron chi connectivity index (χ3n) is 5.22. The van der Waals surface area contributed by atoms with Crippen LogP contribution in [0.25, 0.3) is 0 Å². The number of nitrogens with zero attached hydrogens (tertiary/aromatic N) is 3. The third-order valence-corrected chi connectivity index (χ3v) is 5.22. The number of carbonyl (C=O) groups is 1. The predicted octanol–water partition coefficient (Wildman–Crippen LogP) is 2.72. The molecule has 3 heterocycles. The van der Waals surface area contributed by atoms with Crippen LogP contribution < -0.4 is 15.4 Å². The van der Waals surface area contributed by atoms with Crippen molar-refractivity contribution in [3.63, 3.8) is 0 Å². The molecular formula is C19H30N4O3.